The fraction of sp³-hybridized carbons (Fsp3) is 0.143. The maximum absolute atomic E-state index is 4.82. The van der Waals surface area contributed by atoms with E-state index >= 15 is 0 Å². The van der Waals surface area contributed by atoms with E-state index in [0.29, 0.717) is 34.9 Å². The first-order valence-corrected chi connectivity index (χ1v) is 21.8. The smallest absolute Gasteiger partial charge is 0.163 e. The lowest BCUT2D eigenvalue weighted by atomic mass is 9.94. The topological polar surface area (TPSA) is 87.2 Å². The molecule has 0 aliphatic rings. The van der Waals surface area contributed by atoms with Crippen LogP contribution in [0.3, 0.4) is 0 Å². The third-order valence-corrected chi connectivity index (χ3v) is 12.3. The minimum Gasteiger partial charge on any atom is -0.309 e. The molecule has 0 amide bonds. The Morgan fingerprint density at radius 3 is 0.953 bits per heavy atom. The van der Waals surface area contributed by atoms with Crippen molar-refractivity contribution in [2.75, 3.05) is 0 Å². The number of hydrogen-bond acceptors (Lipinski definition) is 6. The first-order chi connectivity index (χ1) is 30.9. The third kappa shape index (κ3) is 6.61. The van der Waals surface area contributed by atoms with Crippen LogP contribution in [0.25, 0.3) is 100 Å². The van der Waals surface area contributed by atoms with Crippen LogP contribution in [0.15, 0.2) is 133 Å². The Balaban J connectivity index is 1.20. The van der Waals surface area contributed by atoms with E-state index < -0.39 is 0 Å². The second kappa shape index (κ2) is 14.9. The standard InChI is InChI=1S/C56H46N8/c1-31-12-18-51-45(24-31)46-25-32(2)13-19-52(46)63(51)49-22-16-41(55-59-35(5)57-36(6)60-55)29-43(49)39-10-9-11-40(28-39)44-30-42(56-61-37(7)58-38(8)62-56)17-23-50(44)64-53-20-14-33(3)26-47(53)48-27-34(4)15-21-54(48)64/h9-30H,1-8H3. The Morgan fingerprint density at radius 2 is 0.625 bits per heavy atom. The number of fused-ring (bicyclic) bond motifs is 6. The van der Waals surface area contributed by atoms with Crippen molar-refractivity contribution in [1.82, 2.24) is 39.0 Å². The van der Waals surface area contributed by atoms with Gasteiger partial charge in [0.15, 0.2) is 11.6 Å². The molecule has 0 N–H and O–H groups in total. The van der Waals surface area contributed by atoms with Crippen LogP contribution >= 0.6 is 0 Å². The van der Waals surface area contributed by atoms with Gasteiger partial charge in [0.05, 0.1) is 33.4 Å². The van der Waals surface area contributed by atoms with Crippen molar-refractivity contribution in [3.05, 3.63) is 179 Å². The molecule has 4 heterocycles. The Hall–Kier alpha value is -7.84. The maximum Gasteiger partial charge on any atom is 0.163 e. The summed E-state index contributed by atoms with van der Waals surface area (Å²) in [4.78, 5) is 28.3. The van der Waals surface area contributed by atoms with Crippen LogP contribution in [0, 0.1) is 55.4 Å². The zero-order chi connectivity index (χ0) is 44.0. The van der Waals surface area contributed by atoms with Crippen LogP contribution in [0.5, 0.6) is 0 Å². The van der Waals surface area contributed by atoms with Crippen LogP contribution in [-0.4, -0.2) is 39.0 Å². The Morgan fingerprint density at radius 1 is 0.297 bits per heavy atom. The number of aryl methyl sites for hydroxylation is 8. The summed E-state index contributed by atoms with van der Waals surface area (Å²) in [5.74, 6) is 4.06. The van der Waals surface area contributed by atoms with Crippen LogP contribution < -0.4 is 0 Å². The van der Waals surface area contributed by atoms with E-state index in [1.54, 1.807) is 0 Å². The summed E-state index contributed by atoms with van der Waals surface area (Å²) >= 11 is 0. The minimum atomic E-state index is 0.650. The van der Waals surface area contributed by atoms with Gasteiger partial charge in [-0.3, -0.25) is 0 Å². The van der Waals surface area contributed by atoms with Gasteiger partial charge in [-0.2, -0.15) is 0 Å². The Labute approximate surface area is 372 Å². The first kappa shape index (κ1) is 39.0. The molecule has 0 aliphatic carbocycles. The quantitative estimate of drug-likeness (QED) is 0.166. The van der Waals surface area contributed by atoms with Gasteiger partial charge in [0.25, 0.3) is 0 Å². The summed E-state index contributed by atoms with van der Waals surface area (Å²) in [7, 11) is 0. The number of nitrogens with zero attached hydrogens (tertiary/aromatic N) is 8. The molecule has 310 valence electrons. The van der Waals surface area contributed by atoms with Gasteiger partial charge in [0.2, 0.25) is 0 Å². The van der Waals surface area contributed by atoms with Gasteiger partial charge < -0.3 is 9.13 Å². The minimum absolute atomic E-state index is 0.650. The monoisotopic (exact) mass is 830 g/mol. The van der Waals surface area contributed by atoms with Crippen molar-refractivity contribution in [2.45, 2.75) is 55.4 Å². The Kier molecular flexibility index (Phi) is 9.10. The highest BCUT2D eigenvalue weighted by Gasteiger charge is 2.21. The molecule has 0 aliphatic heterocycles. The highest BCUT2D eigenvalue weighted by atomic mass is 15.0. The molecule has 7 aromatic carbocycles. The Bertz CT molecular complexity index is 3320. The highest BCUT2D eigenvalue weighted by Crippen LogP contribution is 2.42. The van der Waals surface area contributed by atoms with Crippen molar-refractivity contribution >= 4 is 43.6 Å². The van der Waals surface area contributed by atoms with Gasteiger partial charge in [0.1, 0.15) is 23.3 Å². The van der Waals surface area contributed by atoms with Gasteiger partial charge in [-0.15, -0.1) is 0 Å². The van der Waals surface area contributed by atoms with E-state index in [0.717, 1.165) is 66.8 Å². The number of hydrogen-bond donors (Lipinski definition) is 0. The molecule has 11 rings (SSSR count). The predicted octanol–water partition coefficient (Wildman–Crippen LogP) is 13.4. The summed E-state index contributed by atoms with van der Waals surface area (Å²) in [6.07, 6.45) is 0. The van der Waals surface area contributed by atoms with Crippen LogP contribution in [0.4, 0.5) is 0 Å². The lowest BCUT2D eigenvalue weighted by Gasteiger charge is -2.18. The van der Waals surface area contributed by atoms with Gasteiger partial charge in [0, 0.05) is 43.8 Å². The molecule has 11 aromatic rings. The number of rotatable bonds is 6. The molecule has 0 saturated carbocycles. The van der Waals surface area contributed by atoms with E-state index in [1.807, 2.05) is 27.7 Å². The second-order valence-corrected chi connectivity index (χ2v) is 17.3. The average molecular weight is 831 g/mol. The number of aromatic nitrogens is 8. The van der Waals surface area contributed by atoms with Crippen LogP contribution in [0.1, 0.15) is 45.6 Å². The summed E-state index contributed by atoms with van der Waals surface area (Å²) in [5, 5.41) is 4.92. The van der Waals surface area contributed by atoms with Crippen molar-refractivity contribution in [3.8, 4) is 56.4 Å². The van der Waals surface area contributed by atoms with Gasteiger partial charge >= 0.3 is 0 Å². The SMILES string of the molecule is Cc1ccc2c(c1)c1cc(C)ccc1n2-c1ccc(-c2nc(C)nc(C)n2)cc1-c1cccc(-c2cc(-c3nc(C)nc(C)n3)ccc2-n2c3ccc(C)cc3c3cc(C)ccc32)c1. The molecule has 8 heteroatoms. The lowest BCUT2D eigenvalue weighted by molar-refractivity contribution is 0.928. The highest BCUT2D eigenvalue weighted by molar-refractivity contribution is 6.11. The molecular weight excluding hydrogens is 785 g/mol. The van der Waals surface area contributed by atoms with Gasteiger partial charge in [-0.1, -0.05) is 64.7 Å². The first-order valence-electron chi connectivity index (χ1n) is 21.8. The molecule has 8 nitrogen and oxygen atoms in total. The molecule has 0 bridgehead atoms. The van der Waals surface area contributed by atoms with Crippen molar-refractivity contribution in [2.24, 2.45) is 0 Å². The zero-order valence-electron chi connectivity index (χ0n) is 37.3. The molecule has 0 unspecified atom stereocenters. The summed E-state index contributed by atoms with van der Waals surface area (Å²) in [6.45, 7) is 16.3. The summed E-state index contributed by atoms with van der Waals surface area (Å²) < 4.78 is 4.83. The molecule has 4 aromatic heterocycles. The summed E-state index contributed by atoms with van der Waals surface area (Å²) in [6, 6.07) is 49.2. The molecule has 0 fully saturated rings. The zero-order valence-corrected chi connectivity index (χ0v) is 37.3. The van der Waals surface area contributed by atoms with E-state index in [-0.39, 0.29) is 0 Å². The fourth-order valence-electron chi connectivity index (χ4n) is 9.57. The van der Waals surface area contributed by atoms with Gasteiger partial charge in [-0.05, 0) is 158 Å². The number of benzene rings is 7. The van der Waals surface area contributed by atoms with E-state index in [2.05, 4.69) is 180 Å². The second-order valence-electron chi connectivity index (χ2n) is 17.3. The predicted molar refractivity (Wildman–Crippen MR) is 262 cm³/mol. The largest absolute Gasteiger partial charge is 0.309 e. The van der Waals surface area contributed by atoms with Gasteiger partial charge in [-0.25, -0.2) is 29.9 Å². The normalized spacial score (nSPS) is 11.8. The van der Waals surface area contributed by atoms with E-state index in [4.69, 9.17) is 19.9 Å². The average Bonchev–Trinajstić information content (AvgIpc) is 3.76. The van der Waals surface area contributed by atoms with Crippen molar-refractivity contribution in [3.63, 3.8) is 0 Å². The van der Waals surface area contributed by atoms with Crippen molar-refractivity contribution < 1.29 is 0 Å². The van der Waals surface area contributed by atoms with Crippen LogP contribution in [0.2, 0.25) is 0 Å². The molecule has 0 atom stereocenters. The van der Waals surface area contributed by atoms with E-state index in [9.17, 15) is 0 Å². The molecule has 0 radical (unpaired) electrons. The fourth-order valence-corrected chi connectivity index (χ4v) is 9.57. The lowest BCUT2D eigenvalue weighted by Crippen LogP contribution is -2.02. The molecule has 0 saturated heterocycles. The maximum atomic E-state index is 4.82. The molecule has 64 heavy (non-hydrogen) atoms. The van der Waals surface area contributed by atoms with Crippen LogP contribution in [-0.2, 0) is 0 Å². The third-order valence-electron chi connectivity index (χ3n) is 12.3. The summed E-state index contributed by atoms with van der Waals surface area (Å²) in [5.41, 5.74) is 17.7. The van der Waals surface area contributed by atoms with Crippen molar-refractivity contribution in [1.29, 1.82) is 0 Å². The molecule has 0 spiro atoms. The molecular formula is C56H46N8. The van der Waals surface area contributed by atoms with E-state index in [1.165, 1.54) is 43.8 Å².